The Hall–Kier alpha value is -1.98. The van der Waals surface area contributed by atoms with Gasteiger partial charge in [-0.3, -0.25) is 4.68 Å². The summed E-state index contributed by atoms with van der Waals surface area (Å²) in [5, 5.41) is 6.59. The normalized spacial score (nSPS) is 10.7. The van der Waals surface area contributed by atoms with Crippen LogP contribution in [0.3, 0.4) is 0 Å². The van der Waals surface area contributed by atoms with Crippen molar-refractivity contribution in [2.24, 2.45) is 7.05 Å². The molecule has 2 aromatic rings. The number of hydrogen-bond acceptors (Lipinski definition) is 2. The number of aromatic nitrogens is 2. The Morgan fingerprint density at radius 1 is 1.22 bits per heavy atom. The lowest BCUT2D eigenvalue weighted by molar-refractivity contribution is 0.547. The first-order valence-corrected chi connectivity index (χ1v) is 5.42. The standard InChI is InChI=1S/C12H12F3N3/c1-18-7-8(6-17-18)2-3-16-12-10(14)4-9(13)5-11(12)15/h4-7,16H,2-3H2,1H3. The van der Waals surface area contributed by atoms with E-state index >= 15 is 0 Å². The van der Waals surface area contributed by atoms with Gasteiger partial charge in [-0.15, -0.1) is 0 Å². The van der Waals surface area contributed by atoms with Crippen LogP contribution in [0.25, 0.3) is 0 Å². The van der Waals surface area contributed by atoms with Crippen LogP contribution in [-0.2, 0) is 13.5 Å². The van der Waals surface area contributed by atoms with E-state index in [9.17, 15) is 13.2 Å². The Balaban J connectivity index is 1.98. The third kappa shape index (κ3) is 2.82. The minimum Gasteiger partial charge on any atom is -0.380 e. The predicted octanol–water partition coefficient (Wildman–Crippen LogP) is 2.49. The average Bonchev–Trinajstić information content (AvgIpc) is 2.68. The smallest absolute Gasteiger partial charge is 0.152 e. The topological polar surface area (TPSA) is 29.9 Å². The second-order valence-electron chi connectivity index (χ2n) is 3.94. The highest BCUT2D eigenvalue weighted by atomic mass is 19.1. The van der Waals surface area contributed by atoms with Crippen LogP contribution in [0.5, 0.6) is 0 Å². The number of nitrogens with one attached hydrogen (secondary N) is 1. The van der Waals surface area contributed by atoms with Crippen LogP contribution in [0, 0.1) is 17.5 Å². The van der Waals surface area contributed by atoms with Gasteiger partial charge in [0, 0.05) is 31.9 Å². The van der Waals surface area contributed by atoms with Crippen molar-refractivity contribution in [2.75, 3.05) is 11.9 Å². The summed E-state index contributed by atoms with van der Waals surface area (Å²) < 4.78 is 40.9. The molecule has 0 atom stereocenters. The van der Waals surface area contributed by atoms with Crippen molar-refractivity contribution in [1.29, 1.82) is 0 Å². The minimum absolute atomic E-state index is 0.305. The van der Waals surface area contributed by atoms with Gasteiger partial charge in [0.1, 0.15) is 11.5 Å². The molecule has 3 nitrogen and oxygen atoms in total. The fraction of sp³-hybridized carbons (Fsp3) is 0.250. The van der Waals surface area contributed by atoms with Gasteiger partial charge in [0.05, 0.1) is 6.20 Å². The largest absolute Gasteiger partial charge is 0.380 e. The monoisotopic (exact) mass is 255 g/mol. The van der Waals surface area contributed by atoms with Crippen LogP contribution in [0.4, 0.5) is 18.9 Å². The average molecular weight is 255 g/mol. The molecule has 0 saturated heterocycles. The van der Waals surface area contributed by atoms with E-state index in [1.807, 2.05) is 6.20 Å². The third-order valence-electron chi connectivity index (χ3n) is 2.48. The molecule has 0 aliphatic carbocycles. The van der Waals surface area contributed by atoms with Gasteiger partial charge < -0.3 is 5.32 Å². The summed E-state index contributed by atoms with van der Waals surface area (Å²) in [6.45, 7) is 0.338. The van der Waals surface area contributed by atoms with Crippen LogP contribution in [0.2, 0.25) is 0 Å². The van der Waals surface area contributed by atoms with E-state index in [1.54, 1.807) is 17.9 Å². The highest BCUT2D eigenvalue weighted by Crippen LogP contribution is 2.19. The van der Waals surface area contributed by atoms with Gasteiger partial charge in [0.25, 0.3) is 0 Å². The maximum atomic E-state index is 13.3. The highest BCUT2D eigenvalue weighted by molar-refractivity contribution is 5.46. The zero-order valence-corrected chi connectivity index (χ0v) is 9.75. The van der Waals surface area contributed by atoms with Crippen LogP contribution in [0.1, 0.15) is 5.56 Å². The van der Waals surface area contributed by atoms with Crippen molar-refractivity contribution >= 4 is 5.69 Å². The molecule has 2 rings (SSSR count). The quantitative estimate of drug-likeness (QED) is 0.909. The minimum atomic E-state index is -0.932. The summed E-state index contributed by atoms with van der Waals surface area (Å²) in [5.74, 6) is -2.79. The van der Waals surface area contributed by atoms with Gasteiger partial charge in [-0.2, -0.15) is 5.10 Å². The van der Waals surface area contributed by atoms with E-state index in [1.165, 1.54) is 0 Å². The van der Waals surface area contributed by atoms with Gasteiger partial charge in [-0.05, 0) is 12.0 Å². The lowest BCUT2D eigenvalue weighted by atomic mass is 10.2. The van der Waals surface area contributed by atoms with Crippen LogP contribution in [0.15, 0.2) is 24.5 Å². The molecule has 18 heavy (non-hydrogen) atoms. The third-order valence-corrected chi connectivity index (χ3v) is 2.48. The Labute approximate surface area is 102 Å². The molecule has 1 N–H and O–H groups in total. The van der Waals surface area contributed by atoms with Gasteiger partial charge in [0.2, 0.25) is 0 Å². The fourth-order valence-electron chi connectivity index (χ4n) is 1.64. The van der Waals surface area contributed by atoms with E-state index in [0.717, 1.165) is 5.56 Å². The lowest BCUT2D eigenvalue weighted by Gasteiger charge is -2.08. The van der Waals surface area contributed by atoms with E-state index in [2.05, 4.69) is 10.4 Å². The summed E-state index contributed by atoms with van der Waals surface area (Å²) in [6.07, 6.45) is 4.07. The molecule has 0 aliphatic heterocycles. The number of nitrogens with zero attached hydrogens (tertiary/aromatic N) is 2. The molecular weight excluding hydrogens is 243 g/mol. The maximum absolute atomic E-state index is 13.3. The summed E-state index contributed by atoms with van der Waals surface area (Å²) >= 11 is 0. The summed E-state index contributed by atoms with van der Waals surface area (Å²) in [4.78, 5) is 0. The lowest BCUT2D eigenvalue weighted by Crippen LogP contribution is -2.08. The van der Waals surface area contributed by atoms with E-state index in [-0.39, 0.29) is 5.69 Å². The first-order valence-electron chi connectivity index (χ1n) is 5.42. The number of anilines is 1. The Morgan fingerprint density at radius 2 is 1.89 bits per heavy atom. The molecule has 0 amide bonds. The molecule has 0 fully saturated rings. The van der Waals surface area contributed by atoms with Gasteiger partial charge >= 0.3 is 0 Å². The molecular formula is C12H12F3N3. The van der Waals surface area contributed by atoms with Gasteiger partial charge in [-0.1, -0.05) is 0 Å². The van der Waals surface area contributed by atoms with Crippen LogP contribution >= 0.6 is 0 Å². The van der Waals surface area contributed by atoms with Crippen molar-refractivity contribution in [2.45, 2.75) is 6.42 Å². The summed E-state index contributed by atoms with van der Waals surface area (Å²) in [6, 6.07) is 1.30. The van der Waals surface area contributed by atoms with Crippen molar-refractivity contribution < 1.29 is 13.2 Å². The molecule has 0 saturated carbocycles. The zero-order chi connectivity index (χ0) is 13.1. The molecule has 1 heterocycles. The number of rotatable bonds is 4. The van der Waals surface area contributed by atoms with E-state index in [0.29, 0.717) is 25.1 Å². The first-order chi connectivity index (χ1) is 8.56. The highest BCUT2D eigenvalue weighted by Gasteiger charge is 2.10. The summed E-state index contributed by atoms with van der Waals surface area (Å²) in [7, 11) is 1.79. The summed E-state index contributed by atoms with van der Waals surface area (Å²) in [5.41, 5.74) is 0.646. The molecule has 0 bridgehead atoms. The maximum Gasteiger partial charge on any atom is 0.152 e. The van der Waals surface area contributed by atoms with Crippen LogP contribution in [-0.4, -0.2) is 16.3 Å². The number of aryl methyl sites for hydroxylation is 1. The second-order valence-corrected chi connectivity index (χ2v) is 3.94. The Bertz CT molecular complexity index is 528. The second kappa shape index (κ2) is 5.12. The van der Waals surface area contributed by atoms with Crippen molar-refractivity contribution in [3.05, 3.63) is 47.5 Å². The molecule has 0 radical (unpaired) electrons. The number of benzene rings is 1. The first kappa shape index (κ1) is 12.5. The zero-order valence-electron chi connectivity index (χ0n) is 9.75. The van der Waals surface area contributed by atoms with E-state index < -0.39 is 17.5 Å². The molecule has 1 aromatic heterocycles. The number of halogens is 3. The van der Waals surface area contributed by atoms with Crippen LogP contribution < -0.4 is 5.32 Å². The molecule has 6 heteroatoms. The molecule has 96 valence electrons. The predicted molar refractivity (Wildman–Crippen MR) is 61.7 cm³/mol. The van der Waals surface area contributed by atoms with Gasteiger partial charge in [-0.25, -0.2) is 13.2 Å². The van der Waals surface area contributed by atoms with Crippen molar-refractivity contribution in [1.82, 2.24) is 9.78 Å². The molecule has 0 aliphatic rings. The molecule has 0 spiro atoms. The Kier molecular flexibility index (Phi) is 3.55. The number of hydrogen-bond donors (Lipinski definition) is 1. The fourth-order valence-corrected chi connectivity index (χ4v) is 1.64. The Morgan fingerprint density at radius 3 is 2.44 bits per heavy atom. The SMILES string of the molecule is Cn1cc(CCNc2c(F)cc(F)cc2F)cn1. The molecule has 0 unspecified atom stereocenters. The van der Waals surface area contributed by atoms with Crippen molar-refractivity contribution in [3.8, 4) is 0 Å². The van der Waals surface area contributed by atoms with Crippen molar-refractivity contribution in [3.63, 3.8) is 0 Å². The van der Waals surface area contributed by atoms with Gasteiger partial charge in [0.15, 0.2) is 11.6 Å². The molecule has 1 aromatic carbocycles. The van der Waals surface area contributed by atoms with E-state index in [4.69, 9.17) is 0 Å².